The molecular formula is C12H20O2. The minimum atomic E-state index is 0.0768. The summed E-state index contributed by atoms with van der Waals surface area (Å²) in [6.07, 6.45) is 5.40. The Morgan fingerprint density at radius 1 is 1.43 bits per heavy atom. The van der Waals surface area contributed by atoms with Crippen LogP contribution in [0.15, 0.2) is 11.8 Å². The Bertz CT molecular complexity index is 239. The molecule has 80 valence electrons. The van der Waals surface area contributed by atoms with Gasteiger partial charge in [-0.25, -0.2) is 0 Å². The average molecular weight is 196 g/mol. The first-order valence-corrected chi connectivity index (χ1v) is 5.40. The van der Waals surface area contributed by atoms with E-state index in [1.807, 2.05) is 0 Å². The normalized spacial score (nSPS) is 20.5. The fourth-order valence-corrected chi connectivity index (χ4v) is 1.73. The molecule has 0 unspecified atom stereocenters. The molecule has 0 saturated heterocycles. The number of carbonyl (C=O) groups excluding carboxylic acids is 1. The van der Waals surface area contributed by atoms with Gasteiger partial charge in [0.2, 0.25) is 0 Å². The molecule has 1 aliphatic carbocycles. The molecule has 2 heteroatoms. The van der Waals surface area contributed by atoms with E-state index in [0.717, 1.165) is 31.6 Å². The van der Waals surface area contributed by atoms with Crippen molar-refractivity contribution in [2.24, 2.45) is 5.41 Å². The van der Waals surface area contributed by atoms with E-state index in [1.54, 1.807) is 6.08 Å². The van der Waals surface area contributed by atoms with Gasteiger partial charge in [0.05, 0.1) is 6.61 Å². The number of allylic oxidation sites excluding steroid dienone is 2. The third-order valence-electron chi connectivity index (χ3n) is 2.41. The molecule has 0 aromatic carbocycles. The molecule has 0 heterocycles. The Morgan fingerprint density at radius 2 is 2.14 bits per heavy atom. The van der Waals surface area contributed by atoms with E-state index in [1.165, 1.54) is 0 Å². The first kappa shape index (κ1) is 11.3. The third kappa shape index (κ3) is 3.52. The van der Waals surface area contributed by atoms with Crippen molar-refractivity contribution < 1.29 is 9.53 Å². The maximum atomic E-state index is 11.4. The van der Waals surface area contributed by atoms with Gasteiger partial charge in [0, 0.05) is 18.9 Å². The second kappa shape index (κ2) is 4.63. The number of unbranched alkanes of at least 4 members (excludes halogenated alkanes) is 1. The van der Waals surface area contributed by atoms with Gasteiger partial charge < -0.3 is 4.74 Å². The molecule has 0 N–H and O–H groups in total. The van der Waals surface area contributed by atoms with Gasteiger partial charge in [-0.1, -0.05) is 27.2 Å². The minimum absolute atomic E-state index is 0.0768. The first-order valence-electron chi connectivity index (χ1n) is 5.40. The van der Waals surface area contributed by atoms with Crippen molar-refractivity contribution >= 4 is 5.78 Å². The quantitative estimate of drug-likeness (QED) is 0.646. The fraction of sp³-hybridized carbons (Fsp3) is 0.750. The van der Waals surface area contributed by atoms with Crippen LogP contribution in [0.1, 0.15) is 46.5 Å². The summed E-state index contributed by atoms with van der Waals surface area (Å²) in [6, 6.07) is 0. The topological polar surface area (TPSA) is 26.3 Å². The van der Waals surface area contributed by atoms with Gasteiger partial charge in [-0.2, -0.15) is 0 Å². The summed E-state index contributed by atoms with van der Waals surface area (Å²) >= 11 is 0. The highest BCUT2D eigenvalue weighted by molar-refractivity contribution is 5.91. The molecule has 2 nitrogen and oxygen atoms in total. The van der Waals surface area contributed by atoms with Crippen LogP contribution in [0, 0.1) is 5.41 Å². The minimum Gasteiger partial charge on any atom is -0.498 e. The maximum absolute atomic E-state index is 11.4. The van der Waals surface area contributed by atoms with Crippen LogP contribution in [0.3, 0.4) is 0 Å². The monoisotopic (exact) mass is 196 g/mol. The van der Waals surface area contributed by atoms with Gasteiger partial charge in [0.1, 0.15) is 5.76 Å². The lowest BCUT2D eigenvalue weighted by molar-refractivity contribution is -0.117. The van der Waals surface area contributed by atoms with Gasteiger partial charge in [0.25, 0.3) is 0 Å². The zero-order chi connectivity index (χ0) is 10.6. The van der Waals surface area contributed by atoms with Crippen LogP contribution in [0.25, 0.3) is 0 Å². The second-order valence-electron chi connectivity index (χ2n) is 4.80. The molecule has 0 aromatic rings. The predicted octanol–water partition coefficient (Wildman–Crippen LogP) is 3.08. The van der Waals surface area contributed by atoms with E-state index in [9.17, 15) is 4.79 Å². The number of hydrogen-bond acceptors (Lipinski definition) is 2. The number of ketones is 1. The standard InChI is InChI=1S/C12H20O2/c1-4-5-6-14-11-7-10(13)8-12(2,3)9-11/h7H,4-6,8-9H2,1-3H3. The van der Waals surface area contributed by atoms with E-state index >= 15 is 0 Å². The number of rotatable bonds is 4. The van der Waals surface area contributed by atoms with E-state index in [4.69, 9.17) is 4.74 Å². The molecule has 0 saturated carbocycles. The van der Waals surface area contributed by atoms with Crippen LogP contribution >= 0.6 is 0 Å². The summed E-state index contributed by atoms with van der Waals surface area (Å²) in [6.45, 7) is 7.10. The highest BCUT2D eigenvalue weighted by atomic mass is 16.5. The molecule has 0 spiro atoms. The summed E-state index contributed by atoms with van der Waals surface area (Å²) < 4.78 is 5.57. The summed E-state index contributed by atoms with van der Waals surface area (Å²) in [4.78, 5) is 11.4. The van der Waals surface area contributed by atoms with E-state index in [0.29, 0.717) is 6.42 Å². The van der Waals surface area contributed by atoms with E-state index < -0.39 is 0 Å². The van der Waals surface area contributed by atoms with Crippen molar-refractivity contribution in [1.82, 2.24) is 0 Å². The van der Waals surface area contributed by atoms with Crippen LogP contribution in [-0.2, 0) is 9.53 Å². The Hall–Kier alpha value is -0.790. The smallest absolute Gasteiger partial charge is 0.159 e. The molecule has 1 rings (SSSR count). The molecular weight excluding hydrogens is 176 g/mol. The molecule has 0 bridgehead atoms. The Labute approximate surface area is 86.3 Å². The zero-order valence-corrected chi connectivity index (χ0v) is 9.43. The lowest BCUT2D eigenvalue weighted by Gasteiger charge is -2.28. The van der Waals surface area contributed by atoms with Gasteiger partial charge >= 0.3 is 0 Å². The second-order valence-corrected chi connectivity index (χ2v) is 4.80. The first-order chi connectivity index (χ1) is 6.53. The van der Waals surface area contributed by atoms with Gasteiger partial charge in [-0.05, 0) is 11.8 Å². The number of hydrogen-bond donors (Lipinski definition) is 0. The van der Waals surface area contributed by atoms with Crippen LogP contribution < -0.4 is 0 Å². The summed E-state index contributed by atoms with van der Waals surface area (Å²) in [5.41, 5.74) is 0.0768. The van der Waals surface area contributed by atoms with Crippen molar-refractivity contribution in [3.05, 3.63) is 11.8 Å². The largest absolute Gasteiger partial charge is 0.498 e. The molecule has 14 heavy (non-hydrogen) atoms. The van der Waals surface area contributed by atoms with Crippen LogP contribution in [0.2, 0.25) is 0 Å². The molecule has 0 aromatic heterocycles. The van der Waals surface area contributed by atoms with Crippen LogP contribution in [0.4, 0.5) is 0 Å². The molecule has 0 radical (unpaired) electrons. The highest BCUT2D eigenvalue weighted by Crippen LogP contribution is 2.33. The van der Waals surface area contributed by atoms with Crippen LogP contribution in [0.5, 0.6) is 0 Å². The fourth-order valence-electron chi connectivity index (χ4n) is 1.73. The van der Waals surface area contributed by atoms with Gasteiger partial charge in [-0.15, -0.1) is 0 Å². The summed E-state index contributed by atoms with van der Waals surface area (Å²) in [7, 11) is 0. The lowest BCUT2D eigenvalue weighted by Crippen LogP contribution is -2.22. The molecule has 0 fully saturated rings. The molecule has 1 aliphatic rings. The third-order valence-corrected chi connectivity index (χ3v) is 2.41. The van der Waals surface area contributed by atoms with Crippen molar-refractivity contribution in [2.45, 2.75) is 46.5 Å². The number of carbonyl (C=O) groups is 1. The van der Waals surface area contributed by atoms with Crippen molar-refractivity contribution in [1.29, 1.82) is 0 Å². The Balaban J connectivity index is 2.48. The summed E-state index contributed by atoms with van der Waals surface area (Å²) in [5.74, 6) is 1.08. The van der Waals surface area contributed by atoms with Crippen molar-refractivity contribution in [3.8, 4) is 0 Å². The average Bonchev–Trinajstić information content (AvgIpc) is 2.00. The Morgan fingerprint density at radius 3 is 2.71 bits per heavy atom. The number of ether oxygens (including phenoxy) is 1. The molecule has 0 amide bonds. The predicted molar refractivity (Wildman–Crippen MR) is 57.0 cm³/mol. The van der Waals surface area contributed by atoms with E-state index in [-0.39, 0.29) is 11.2 Å². The molecule has 0 atom stereocenters. The summed E-state index contributed by atoms with van der Waals surface area (Å²) in [5, 5.41) is 0. The zero-order valence-electron chi connectivity index (χ0n) is 9.43. The van der Waals surface area contributed by atoms with Gasteiger partial charge in [-0.3, -0.25) is 4.79 Å². The molecule has 0 aliphatic heterocycles. The lowest BCUT2D eigenvalue weighted by atomic mass is 9.79. The van der Waals surface area contributed by atoms with Gasteiger partial charge in [0.15, 0.2) is 5.78 Å². The highest BCUT2D eigenvalue weighted by Gasteiger charge is 2.28. The van der Waals surface area contributed by atoms with E-state index in [2.05, 4.69) is 20.8 Å². The van der Waals surface area contributed by atoms with Crippen LogP contribution in [-0.4, -0.2) is 12.4 Å². The SMILES string of the molecule is CCCCOC1=CC(=O)CC(C)(C)C1. The maximum Gasteiger partial charge on any atom is 0.159 e. The van der Waals surface area contributed by atoms with Crippen molar-refractivity contribution in [2.75, 3.05) is 6.61 Å². The van der Waals surface area contributed by atoms with Crippen molar-refractivity contribution in [3.63, 3.8) is 0 Å². The Kier molecular flexibility index (Phi) is 3.73.